The second-order valence-electron chi connectivity index (χ2n) is 15.5. The Morgan fingerprint density at radius 2 is 0.828 bits per heavy atom. The highest BCUT2D eigenvalue weighted by molar-refractivity contribution is 5.89. The van der Waals surface area contributed by atoms with Crippen molar-refractivity contribution in [3.63, 3.8) is 0 Å². The summed E-state index contributed by atoms with van der Waals surface area (Å²) in [5, 5.41) is 32.0. The smallest absolute Gasteiger partial charge is 0.127 e. The van der Waals surface area contributed by atoms with Crippen LogP contribution in [0.1, 0.15) is 38.8 Å². The van der Waals surface area contributed by atoms with Crippen LogP contribution in [0.25, 0.3) is 21.5 Å². The summed E-state index contributed by atoms with van der Waals surface area (Å²) < 4.78 is 22.2. The van der Waals surface area contributed by atoms with Gasteiger partial charge in [-0.3, -0.25) is 0 Å². The van der Waals surface area contributed by atoms with Crippen LogP contribution in [0.5, 0.6) is 23.0 Å². The SMILES string of the molecule is COc1ccc(CC(C)(C)NC[C@@H](O)COc2cccc3ccccc23)cc1.COc1ccc(CC(C)(C)NC[C@H](O)COc2cccc3ccccc23)cc1.Cl.Cl. The monoisotopic (exact) mass is 830 g/mol. The molecule has 6 aromatic rings. The van der Waals surface area contributed by atoms with Gasteiger partial charge in [0, 0.05) is 34.9 Å². The van der Waals surface area contributed by atoms with Crippen LogP contribution >= 0.6 is 24.8 Å². The predicted octanol–water partition coefficient (Wildman–Crippen LogP) is 9.24. The summed E-state index contributed by atoms with van der Waals surface area (Å²) in [5.74, 6) is 3.32. The third kappa shape index (κ3) is 15.0. The molecule has 0 unspecified atom stereocenters. The van der Waals surface area contributed by atoms with Gasteiger partial charge in [0.2, 0.25) is 0 Å². The molecule has 0 amide bonds. The summed E-state index contributed by atoms with van der Waals surface area (Å²) in [6, 6.07) is 44.3. The van der Waals surface area contributed by atoms with E-state index in [1.165, 1.54) is 11.1 Å². The molecule has 0 aliphatic carbocycles. The van der Waals surface area contributed by atoms with E-state index in [1.807, 2.05) is 84.9 Å². The Kier molecular flexibility index (Phi) is 19.1. The van der Waals surface area contributed by atoms with Crippen LogP contribution in [-0.2, 0) is 12.8 Å². The molecule has 2 atom stereocenters. The normalized spacial score (nSPS) is 12.3. The first kappa shape index (κ1) is 47.8. The molecular weight excluding hydrogens is 771 g/mol. The van der Waals surface area contributed by atoms with Gasteiger partial charge < -0.3 is 39.8 Å². The Morgan fingerprint density at radius 1 is 0.483 bits per heavy atom. The molecule has 58 heavy (non-hydrogen) atoms. The standard InChI is InChI=1S/2C24H29NO3.2ClH/c2*1-24(2,15-18-11-13-21(27-3)14-12-18)25-16-20(26)17-28-23-10-6-8-19-7-4-5-9-22(19)23;;/h2*4-14,20,25-26H,15-17H2,1-3H3;2*1H/t2*20-;;/m10../s1. The van der Waals surface area contributed by atoms with E-state index in [0.29, 0.717) is 13.1 Å². The molecule has 0 spiro atoms. The first-order valence-corrected chi connectivity index (χ1v) is 19.3. The van der Waals surface area contributed by atoms with Crippen LogP contribution in [0.4, 0.5) is 0 Å². The number of nitrogens with one attached hydrogen (secondary N) is 2. The highest BCUT2D eigenvalue weighted by Gasteiger charge is 2.21. The maximum atomic E-state index is 10.4. The Labute approximate surface area is 356 Å². The maximum Gasteiger partial charge on any atom is 0.127 e. The molecule has 6 rings (SSSR count). The van der Waals surface area contributed by atoms with Gasteiger partial charge in [-0.05, 0) is 98.8 Å². The molecule has 0 aliphatic heterocycles. The Hall–Kier alpha value is -4.54. The predicted molar refractivity (Wildman–Crippen MR) is 243 cm³/mol. The number of aliphatic hydroxyl groups excluding tert-OH is 2. The van der Waals surface area contributed by atoms with Gasteiger partial charge in [-0.1, -0.05) is 97.1 Å². The lowest BCUT2D eigenvalue weighted by Crippen LogP contribution is -2.46. The molecule has 312 valence electrons. The zero-order valence-electron chi connectivity index (χ0n) is 34.4. The number of rotatable bonds is 18. The van der Waals surface area contributed by atoms with Gasteiger partial charge in [0.05, 0.1) is 14.2 Å². The molecule has 0 bridgehead atoms. The molecular formula is C48H60Cl2N2O6. The summed E-state index contributed by atoms with van der Waals surface area (Å²) >= 11 is 0. The highest BCUT2D eigenvalue weighted by atomic mass is 35.5. The zero-order valence-corrected chi connectivity index (χ0v) is 36.1. The van der Waals surface area contributed by atoms with E-state index in [9.17, 15) is 10.2 Å². The fourth-order valence-corrected chi connectivity index (χ4v) is 6.55. The number of benzene rings is 6. The van der Waals surface area contributed by atoms with Crippen molar-refractivity contribution in [3.05, 3.63) is 145 Å². The number of ether oxygens (including phenoxy) is 4. The third-order valence-electron chi connectivity index (χ3n) is 9.60. The molecule has 0 aromatic heterocycles. The van der Waals surface area contributed by atoms with E-state index in [-0.39, 0.29) is 49.1 Å². The Balaban J connectivity index is 0.000000300. The van der Waals surface area contributed by atoms with E-state index >= 15 is 0 Å². The fraction of sp³-hybridized carbons (Fsp3) is 0.333. The number of hydrogen-bond donors (Lipinski definition) is 4. The van der Waals surface area contributed by atoms with Crippen LogP contribution in [-0.4, -0.2) is 74.0 Å². The van der Waals surface area contributed by atoms with Crippen molar-refractivity contribution >= 4 is 46.4 Å². The van der Waals surface area contributed by atoms with Crippen LogP contribution in [0.15, 0.2) is 133 Å². The van der Waals surface area contributed by atoms with Gasteiger partial charge in [0.25, 0.3) is 0 Å². The van der Waals surface area contributed by atoms with Crippen molar-refractivity contribution in [2.24, 2.45) is 0 Å². The van der Waals surface area contributed by atoms with Crippen LogP contribution < -0.4 is 29.6 Å². The molecule has 0 fully saturated rings. The van der Waals surface area contributed by atoms with Crippen molar-refractivity contribution in [3.8, 4) is 23.0 Å². The van der Waals surface area contributed by atoms with Gasteiger partial charge >= 0.3 is 0 Å². The molecule has 0 heterocycles. The van der Waals surface area contributed by atoms with Crippen molar-refractivity contribution in [2.75, 3.05) is 40.5 Å². The maximum absolute atomic E-state index is 10.4. The number of aliphatic hydroxyl groups is 2. The average molecular weight is 832 g/mol. The molecule has 0 saturated carbocycles. The topological polar surface area (TPSA) is 101 Å². The van der Waals surface area contributed by atoms with Crippen LogP contribution in [0, 0.1) is 0 Å². The van der Waals surface area contributed by atoms with Gasteiger partial charge in [-0.15, -0.1) is 24.8 Å². The van der Waals surface area contributed by atoms with Gasteiger partial charge in [-0.25, -0.2) is 0 Å². The number of halogens is 2. The summed E-state index contributed by atoms with van der Waals surface area (Å²) in [5.41, 5.74) is 2.16. The number of β-amino-alcohol motifs (C(OH)–C–C–N with tert-alkyl or cyclic N) is 2. The zero-order chi connectivity index (χ0) is 40.0. The Morgan fingerprint density at radius 3 is 1.19 bits per heavy atom. The number of hydrogen-bond acceptors (Lipinski definition) is 8. The second kappa shape index (κ2) is 23.2. The largest absolute Gasteiger partial charge is 0.497 e. The van der Waals surface area contributed by atoms with Gasteiger partial charge in [0.1, 0.15) is 48.4 Å². The number of methoxy groups -OCH3 is 2. The summed E-state index contributed by atoms with van der Waals surface area (Å²) in [7, 11) is 3.34. The first-order chi connectivity index (χ1) is 26.9. The first-order valence-electron chi connectivity index (χ1n) is 19.3. The van der Waals surface area contributed by atoms with Crippen LogP contribution in [0.2, 0.25) is 0 Å². The van der Waals surface area contributed by atoms with Gasteiger partial charge in [-0.2, -0.15) is 0 Å². The van der Waals surface area contributed by atoms with E-state index < -0.39 is 12.2 Å². The summed E-state index contributed by atoms with van der Waals surface area (Å²) in [6.45, 7) is 9.97. The fourth-order valence-electron chi connectivity index (χ4n) is 6.55. The van der Waals surface area contributed by atoms with Crippen molar-refractivity contribution in [2.45, 2.75) is 63.8 Å². The minimum atomic E-state index is -0.589. The molecule has 0 radical (unpaired) electrons. The molecule has 8 nitrogen and oxygen atoms in total. The minimum absolute atomic E-state index is 0. The van der Waals surface area contributed by atoms with E-state index in [4.69, 9.17) is 18.9 Å². The molecule has 10 heteroatoms. The lowest BCUT2D eigenvalue weighted by molar-refractivity contribution is 0.0995. The van der Waals surface area contributed by atoms with Crippen molar-refractivity contribution in [1.82, 2.24) is 10.6 Å². The molecule has 0 aliphatic rings. The third-order valence-corrected chi connectivity index (χ3v) is 9.60. The van der Waals surface area contributed by atoms with E-state index in [0.717, 1.165) is 57.4 Å². The Bertz CT molecular complexity index is 1930. The lowest BCUT2D eigenvalue weighted by atomic mass is 9.94. The molecule has 0 saturated heterocycles. The highest BCUT2D eigenvalue weighted by Crippen LogP contribution is 2.27. The van der Waals surface area contributed by atoms with Crippen molar-refractivity contribution < 1.29 is 29.2 Å². The average Bonchev–Trinajstić information content (AvgIpc) is 3.21. The number of fused-ring (bicyclic) bond motifs is 2. The minimum Gasteiger partial charge on any atom is -0.497 e. The van der Waals surface area contributed by atoms with Crippen molar-refractivity contribution in [1.29, 1.82) is 0 Å². The quantitative estimate of drug-likeness (QED) is 0.0681. The van der Waals surface area contributed by atoms with Crippen LogP contribution in [0.3, 0.4) is 0 Å². The van der Waals surface area contributed by atoms with E-state index in [2.05, 4.69) is 86.9 Å². The van der Waals surface area contributed by atoms with Gasteiger partial charge in [0.15, 0.2) is 0 Å². The second-order valence-corrected chi connectivity index (χ2v) is 15.5. The summed E-state index contributed by atoms with van der Waals surface area (Å²) in [4.78, 5) is 0. The molecule has 6 aromatic carbocycles. The lowest BCUT2D eigenvalue weighted by Gasteiger charge is -2.28. The molecule has 4 N–H and O–H groups in total. The van der Waals surface area contributed by atoms with E-state index in [1.54, 1.807) is 14.2 Å². The summed E-state index contributed by atoms with van der Waals surface area (Å²) in [6.07, 6.45) is 0.533.